The SMILES string of the molecule is Cc1cccc(S(=O)(=O)Nc2ccc(C)c(F)c2)c1. The van der Waals surface area contributed by atoms with Gasteiger partial charge in [0.15, 0.2) is 0 Å². The van der Waals surface area contributed by atoms with Crippen LogP contribution in [0.5, 0.6) is 0 Å². The molecule has 0 unspecified atom stereocenters. The van der Waals surface area contributed by atoms with E-state index in [4.69, 9.17) is 0 Å². The van der Waals surface area contributed by atoms with Crippen molar-refractivity contribution in [3.05, 3.63) is 59.4 Å². The summed E-state index contributed by atoms with van der Waals surface area (Å²) < 4.78 is 40.0. The minimum Gasteiger partial charge on any atom is -0.280 e. The number of aryl methyl sites for hydroxylation is 2. The predicted molar refractivity (Wildman–Crippen MR) is 73.1 cm³/mol. The first-order chi connectivity index (χ1) is 8.88. The first-order valence-electron chi connectivity index (χ1n) is 5.74. The lowest BCUT2D eigenvalue weighted by Crippen LogP contribution is -2.13. The third-order valence-electron chi connectivity index (χ3n) is 2.72. The van der Waals surface area contributed by atoms with Crippen molar-refractivity contribution in [3.63, 3.8) is 0 Å². The maximum Gasteiger partial charge on any atom is 0.261 e. The Bertz CT molecular complexity index is 711. The van der Waals surface area contributed by atoms with E-state index in [0.29, 0.717) is 5.56 Å². The molecule has 0 heterocycles. The van der Waals surface area contributed by atoms with Crippen LogP contribution in [0.15, 0.2) is 47.4 Å². The van der Waals surface area contributed by atoms with Gasteiger partial charge >= 0.3 is 0 Å². The first kappa shape index (κ1) is 13.5. The molecule has 2 aromatic carbocycles. The number of hydrogen-bond donors (Lipinski definition) is 1. The van der Waals surface area contributed by atoms with E-state index in [-0.39, 0.29) is 10.6 Å². The molecule has 0 aliphatic rings. The molecule has 0 saturated heterocycles. The fourth-order valence-electron chi connectivity index (χ4n) is 1.65. The van der Waals surface area contributed by atoms with Gasteiger partial charge < -0.3 is 0 Å². The van der Waals surface area contributed by atoms with Crippen molar-refractivity contribution < 1.29 is 12.8 Å². The molecule has 2 rings (SSSR count). The zero-order valence-electron chi connectivity index (χ0n) is 10.6. The highest BCUT2D eigenvalue weighted by Gasteiger charge is 2.14. The van der Waals surface area contributed by atoms with Gasteiger partial charge in [0.1, 0.15) is 5.82 Å². The average molecular weight is 279 g/mol. The molecule has 0 aromatic heterocycles. The monoisotopic (exact) mass is 279 g/mol. The summed E-state index contributed by atoms with van der Waals surface area (Å²) >= 11 is 0. The van der Waals surface area contributed by atoms with Gasteiger partial charge in [-0.2, -0.15) is 0 Å². The average Bonchev–Trinajstić information content (AvgIpc) is 2.33. The number of sulfonamides is 1. The van der Waals surface area contributed by atoms with E-state index in [1.54, 1.807) is 19.1 Å². The number of anilines is 1. The normalized spacial score (nSPS) is 11.3. The Balaban J connectivity index is 2.33. The molecule has 0 aliphatic heterocycles. The summed E-state index contributed by atoms with van der Waals surface area (Å²) in [6.45, 7) is 3.43. The van der Waals surface area contributed by atoms with Crippen LogP contribution in [0.3, 0.4) is 0 Å². The van der Waals surface area contributed by atoms with Gasteiger partial charge in [-0.1, -0.05) is 18.2 Å². The second-order valence-electron chi connectivity index (χ2n) is 4.39. The minimum atomic E-state index is -3.68. The number of benzene rings is 2. The van der Waals surface area contributed by atoms with Crippen LogP contribution in [0.4, 0.5) is 10.1 Å². The fraction of sp³-hybridized carbons (Fsp3) is 0.143. The molecule has 3 nitrogen and oxygen atoms in total. The van der Waals surface area contributed by atoms with E-state index in [9.17, 15) is 12.8 Å². The van der Waals surface area contributed by atoms with Crippen molar-refractivity contribution in [2.45, 2.75) is 18.7 Å². The standard InChI is InChI=1S/C14H14FNO2S/c1-10-4-3-5-13(8-10)19(17,18)16-12-7-6-11(2)14(15)9-12/h3-9,16H,1-2H3. The van der Waals surface area contributed by atoms with Gasteiger partial charge in [0.2, 0.25) is 0 Å². The summed E-state index contributed by atoms with van der Waals surface area (Å²) in [6.07, 6.45) is 0. The van der Waals surface area contributed by atoms with Crippen molar-refractivity contribution in [2.75, 3.05) is 4.72 Å². The van der Waals surface area contributed by atoms with E-state index in [1.165, 1.54) is 24.3 Å². The molecule has 1 N–H and O–H groups in total. The van der Waals surface area contributed by atoms with Gasteiger partial charge in [0.05, 0.1) is 10.6 Å². The van der Waals surface area contributed by atoms with Crippen LogP contribution in [0.25, 0.3) is 0 Å². The maximum absolute atomic E-state index is 13.4. The van der Waals surface area contributed by atoms with Gasteiger partial charge in [-0.3, -0.25) is 4.72 Å². The van der Waals surface area contributed by atoms with Gasteiger partial charge in [-0.15, -0.1) is 0 Å². The molecule has 0 spiro atoms. The van der Waals surface area contributed by atoms with E-state index in [0.717, 1.165) is 5.56 Å². The molecule has 2 aromatic rings. The zero-order chi connectivity index (χ0) is 14.0. The largest absolute Gasteiger partial charge is 0.280 e. The highest BCUT2D eigenvalue weighted by molar-refractivity contribution is 7.92. The Labute approximate surface area is 112 Å². The van der Waals surface area contributed by atoms with Crippen LogP contribution in [-0.2, 0) is 10.0 Å². The van der Waals surface area contributed by atoms with Gasteiger partial charge in [0, 0.05) is 0 Å². The number of hydrogen-bond acceptors (Lipinski definition) is 2. The summed E-state index contributed by atoms with van der Waals surface area (Å²) in [4.78, 5) is 0.161. The smallest absolute Gasteiger partial charge is 0.261 e. The molecular formula is C14H14FNO2S. The third kappa shape index (κ3) is 3.12. The molecular weight excluding hydrogens is 265 g/mol. The second-order valence-corrected chi connectivity index (χ2v) is 6.07. The Morgan fingerprint density at radius 2 is 1.79 bits per heavy atom. The van der Waals surface area contributed by atoms with Crippen LogP contribution in [0.2, 0.25) is 0 Å². The Morgan fingerprint density at radius 3 is 2.42 bits per heavy atom. The Hall–Kier alpha value is -1.88. The lowest BCUT2D eigenvalue weighted by atomic mass is 10.2. The minimum absolute atomic E-state index is 0.161. The topological polar surface area (TPSA) is 46.2 Å². The van der Waals surface area contributed by atoms with Crippen molar-refractivity contribution in [3.8, 4) is 0 Å². The molecule has 19 heavy (non-hydrogen) atoms. The van der Waals surface area contributed by atoms with Crippen LogP contribution in [0.1, 0.15) is 11.1 Å². The predicted octanol–water partition coefficient (Wildman–Crippen LogP) is 3.24. The van der Waals surface area contributed by atoms with Crippen molar-refractivity contribution in [1.29, 1.82) is 0 Å². The summed E-state index contributed by atoms with van der Waals surface area (Å²) in [5.74, 6) is -0.440. The van der Waals surface area contributed by atoms with Crippen molar-refractivity contribution >= 4 is 15.7 Å². The van der Waals surface area contributed by atoms with E-state index < -0.39 is 15.8 Å². The molecule has 0 fully saturated rings. The summed E-state index contributed by atoms with van der Waals surface area (Å²) in [5, 5.41) is 0. The fourth-order valence-corrected chi connectivity index (χ4v) is 2.81. The third-order valence-corrected chi connectivity index (χ3v) is 4.10. The van der Waals surface area contributed by atoms with Crippen molar-refractivity contribution in [1.82, 2.24) is 0 Å². The molecule has 0 aliphatic carbocycles. The van der Waals surface area contributed by atoms with Crippen LogP contribution >= 0.6 is 0 Å². The molecule has 0 bridgehead atoms. The van der Waals surface area contributed by atoms with E-state index in [2.05, 4.69) is 4.72 Å². The summed E-state index contributed by atoms with van der Waals surface area (Å²) in [6, 6.07) is 10.8. The summed E-state index contributed by atoms with van der Waals surface area (Å²) in [5.41, 5.74) is 1.53. The highest BCUT2D eigenvalue weighted by Crippen LogP contribution is 2.19. The molecule has 0 amide bonds. The zero-order valence-corrected chi connectivity index (χ0v) is 11.5. The van der Waals surface area contributed by atoms with Crippen LogP contribution in [-0.4, -0.2) is 8.42 Å². The lowest BCUT2D eigenvalue weighted by molar-refractivity contribution is 0.601. The van der Waals surface area contributed by atoms with Crippen LogP contribution < -0.4 is 4.72 Å². The molecule has 5 heteroatoms. The highest BCUT2D eigenvalue weighted by atomic mass is 32.2. The maximum atomic E-state index is 13.4. The Kier molecular flexibility index (Phi) is 3.57. The Morgan fingerprint density at radius 1 is 1.05 bits per heavy atom. The number of nitrogens with one attached hydrogen (secondary N) is 1. The summed E-state index contributed by atoms with van der Waals surface area (Å²) in [7, 11) is -3.68. The lowest BCUT2D eigenvalue weighted by Gasteiger charge is -2.09. The molecule has 0 saturated carbocycles. The van der Waals surface area contributed by atoms with Gasteiger partial charge in [0.25, 0.3) is 10.0 Å². The first-order valence-corrected chi connectivity index (χ1v) is 7.22. The second kappa shape index (κ2) is 5.01. The van der Waals surface area contributed by atoms with E-state index >= 15 is 0 Å². The van der Waals surface area contributed by atoms with Crippen LogP contribution in [0, 0.1) is 19.7 Å². The van der Waals surface area contributed by atoms with Gasteiger partial charge in [-0.25, -0.2) is 12.8 Å². The molecule has 0 atom stereocenters. The van der Waals surface area contributed by atoms with Gasteiger partial charge in [-0.05, 0) is 49.2 Å². The molecule has 0 radical (unpaired) electrons. The number of halogens is 1. The molecule has 100 valence electrons. The van der Waals surface area contributed by atoms with Crippen molar-refractivity contribution in [2.24, 2.45) is 0 Å². The van der Waals surface area contributed by atoms with E-state index in [1.807, 2.05) is 13.0 Å². The number of rotatable bonds is 3. The quantitative estimate of drug-likeness (QED) is 0.937.